The molecule has 1 N–H and O–H groups in total. The minimum absolute atomic E-state index is 0.0510. The van der Waals surface area contributed by atoms with E-state index in [2.05, 4.69) is 20.7 Å². The molecule has 1 heterocycles. The van der Waals surface area contributed by atoms with Gasteiger partial charge in [0.05, 0.1) is 6.54 Å². The van der Waals surface area contributed by atoms with Gasteiger partial charge in [0.2, 0.25) is 5.91 Å². The number of hydrogen-bond donors (Lipinski definition) is 1. The summed E-state index contributed by atoms with van der Waals surface area (Å²) in [4.78, 5) is 13.2. The largest absolute Gasteiger partial charge is 0.350 e. The normalized spacial score (nSPS) is 15.6. The molecular formula is C10H15N5O. The molecule has 0 unspecified atom stereocenters. The quantitative estimate of drug-likeness (QED) is 0.793. The third kappa shape index (κ3) is 2.44. The highest BCUT2D eigenvalue weighted by atomic mass is 16.1. The van der Waals surface area contributed by atoms with E-state index in [1.54, 1.807) is 0 Å². The average molecular weight is 221 g/mol. The van der Waals surface area contributed by atoms with Crippen molar-refractivity contribution in [3.63, 3.8) is 0 Å². The molecule has 0 atom stereocenters. The Kier molecular flexibility index (Phi) is 3.28. The molecule has 0 saturated heterocycles. The SMILES string of the molecule is CC1=C(C(=O)NCCn2ncnn2)CCC1. The van der Waals surface area contributed by atoms with Crippen molar-refractivity contribution in [1.29, 1.82) is 0 Å². The van der Waals surface area contributed by atoms with E-state index in [4.69, 9.17) is 0 Å². The number of allylic oxidation sites excluding steroid dienone is 1. The number of nitrogens with zero attached hydrogens (tertiary/aromatic N) is 4. The average Bonchev–Trinajstić information content (AvgIpc) is 2.88. The third-order valence-electron chi connectivity index (χ3n) is 2.76. The van der Waals surface area contributed by atoms with Gasteiger partial charge in [-0.1, -0.05) is 5.57 Å². The molecule has 1 aromatic rings. The minimum Gasteiger partial charge on any atom is -0.350 e. The first-order chi connectivity index (χ1) is 7.77. The van der Waals surface area contributed by atoms with E-state index < -0.39 is 0 Å². The van der Waals surface area contributed by atoms with Crippen LogP contribution in [0.4, 0.5) is 0 Å². The lowest BCUT2D eigenvalue weighted by Gasteiger charge is -2.05. The number of carbonyl (C=O) groups is 1. The summed E-state index contributed by atoms with van der Waals surface area (Å²) < 4.78 is 0. The van der Waals surface area contributed by atoms with Crippen molar-refractivity contribution in [1.82, 2.24) is 25.5 Å². The van der Waals surface area contributed by atoms with Crippen molar-refractivity contribution in [3.05, 3.63) is 17.5 Å². The molecule has 2 rings (SSSR count). The van der Waals surface area contributed by atoms with E-state index in [0.29, 0.717) is 13.1 Å². The molecule has 1 aliphatic carbocycles. The Morgan fingerprint density at radius 2 is 2.44 bits per heavy atom. The van der Waals surface area contributed by atoms with Crippen molar-refractivity contribution < 1.29 is 4.79 Å². The molecule has 6 heteroatoms. The molecule has 1 aliphatic rings. The molecule has 1 amide bonds. The molecule has 0 spiro atoms. The van der Waals surface area contributed by atoms with Crippen LogP contribution in [0.3, 0.4) is 0 Å². The lowest BCUT2D eigenvalue weighted by molar-refractivity contribution is -0.117. The second-order valence-electron chi connectivity index (χ2n) is 3.90. The number of rotatable bonds is 4. The summed E-state index contributed by atoms with van der Waals surface area (Å²) in [6, 6.07) is 0. The van der Waals surface area contributed by atoms with Crippen molar-refractivity contribution in [2.24, 2.45) is 0 Å². The number of amides is 1. The lowest BCUT2D eigenvalue weighted by atomic mass is 10.1. The monoisotopic (exact) mass is 221 g/mol. The van der Waals surface area contributed by atoms with Crippen molar-refractivity contribution in [2.45, 2.75) is 32.7 Å². The Morgan fingerprint density at radius 3 is 3.06 bits per heavy atom. The van der Waals surface area contributed by atoms with Gasteiger partial charge in [0.15, 0.2) is 6.33 Å². The van der Waals surface area contributed by atoms with Crippen LogP contribution in [0.15, 0.2) is 17.5 Å². The highest BCUT2D eigenvalue weighted by Gasteiger charge is 2.17. The molecule has 0 saturated carbocycles. The Hall–Kier alpha value is -1.72. The maximum atomic E-state index is 11.7. The summed E-state index contributed by atoms with van der Waals surface area (Å²) in [5, 5.41) is 14.0. The van der Waals surface area contributed by atoms with Gasteiger partial charge in [-0.15, -0.1) is 10.2 Å². The maximum Gasteiger partial charge on any atom is 0.247 e. The zero-order chi connectivity index (χ0) is 11.4. The molecule has 0 aliphatic heterocycles. The summed E-state index contributed by atoms with van der Waals surface area (Å²) in [7, 11) is 0. The zero-order valence-electron chi connectivity index (χ0n) is 9.31. The van der Waals surface area contributed by atoms with E-state index >= 15 is 0 Å². The minimum atomic E-state index is 0.0510. The predicted molar refractivity (Wildman–Crippen MR) is 57.4 cm³/mol. The maximum absolute atomic E-state index is 11.7. The van der Waals surface area contributed by atoms with Crippen LogP contribution in [-0.4, -0.2) is 32.7 Å². The van der Waals surface area contributed by atoms with Crippen molar-refractivity contribution in [3.8, 4) is 0 Å². The molecular weight excluding hydrogens is 206 g/mol. The Balaban J connectivity index is 1.78. The van der Waals surface area contributed by atoms with Gasteiger partial charge < -0.3 is 5.32 Å². The standard InChI is InChI=1S/C10H15N5O/c1-8-3-2-4-9(8)10(16)11-5-6-15-13-7-12-14-15/h7H,2-6H2,1H3,(H,11,16). The van der Waals surface area contributed by atoms with Crippen LogP contribution in [-0.2, 0) is 11.3 Å². The van der Waals surface area contributed by atoms with E-state index in [1.807, 2.05) is 6.92 Å². The van der Waals surface area contributed by atoms with Crippen LogP contribution in [0.1, 0.15) is 26.2 Å². The molecule has 0 fully saturated rings. The van der Waals surface area contributed by atoms with E-state index in [-0.39, 0.29) is 5.91 Å². The second-order valence-corrected chi connectivity index (χ2v) is 3.90. The number of tetrazole rings is 1. The van der Waals surface area contributed by atoms with Crippen LogP contribution in [0.25, 0.3) is 0 Å². The molecule has 86 valence electrons. The van der Waals surface area contributed by atoms with Crippen LogP contribution < -0.4 is 5.32 Å². The Bertz CT molecular complexity index is 395. The molecule has 0 aromatic carbocycles. The van der Waals surface area contributed by atoms with Crippen LogP contribution in [0, 0.1) is 0 Å². The van der Waals surface area contributed by atoms with Crippen LogP contribution >= 0.6 is 0 Å². The fourth-order valence-corrected chi connectivity index (χ4v) is 1.87. The fraction of sp³-hybridized carbons (Fsp3) is 0.600. The zero-order valence-corrected chi connectivity index (χ0v) is 9.31. The predicted octanol–water partition coefficient (Wildman–Crippen LogP) is 0.290. The summed E-state index contributed by atoms with van der Waals surface area (Å²) >= 11 is 0. The van der Waals surface area contributed by atoms with E-state index in [9.17, 15) is 4.79 Å². The van der Waals surface area contributed by atoms with E-state index in [1.165, 1.54) is 16.7 Å². The third-order valence-corrected chi connectivity index (χ3v) is 2.76. The summed E-state index contributed by atoms with van der Waals surface area (Å²) in [5.74, 6) is 0.0510. The topological polar surface area (TPSA) is 72.7 Å². The summed E-state index contributed by atoms with van der Waals surface area (Å²) in [6.07, 6.45) is 4.43. The van der Waals surface area contributed by atoms with Gasteiger partial charge in [0.1, 0.15) is 0 Å². The molecule has 0 radical (unpaired) electrons. The van der Waals surface area contributed by atoms with Crippen molar-refractivity contribution >= 4 is 5.91 Å². The Morgan fingerprint density at radius 1 is 1.56 bits per heavy atom. The van der Waals surface area contributed by atoms with Gasteiger partial charge in [-0.05, 0) is 31.4 Å². The van der Waals surface area contributed by atoms with Gasteiger partial charge in [-0.2, -0.15) is 4.80 Å². The lowest BCUT2D eigenvalue weighted by Crippen LogP contribution is -2.29. The highest BCUT2D eigenvalue weighted by molar-refractivity contribution is 5.94. The number of hydrogen-bond acceptors (Lipinski definition) is 4. The fourth-order valence-electron chi connectivity index (χ4n) is 1.87. The first-order valence-corrected chi connectivity index (χ1v) is 5.45. The number of aromatic nitrogens is 4. The van der Waals surface area contributed by atoms with Crippen molar-refractivity contribution in [2.75, 3.05) is 6.54 Å². The summed E-state index contributed by atoms with van der Waals surface area (Å²) in [5.41, 5.74) is 2.17. The van der Waals surface area contributed by atoms with E-state index in [0.717, 1.165) is 24.8 Å². The number of nitrogens with one attached hydrogen (secondary N) is 1. The van der Waals surface area contributed by atoms with Crippen LogP contribution in [0.2, 0.25) is 0 Å². The van der Waals surface area contributed by atoms with Gasteiger partial charge in [-0.25, -0.2) is 0 Å². The number of carbonyl (C=O) groups excluding carboxylic acids is 1. The van der Waals surface area contributed by atoms with Gasteiger partial charge in [-0.3, -0.25) is 4.79 Å². The van der Waals surface area contributed by atoms with Crippen LogP contribution in [0.5, 0.6) is 0 Å². The highest BCUT2D eigenvalue weighted by Crippen LogP contribution is 2.25. The Labute approximate surface area is 93.7 Å². The smallest absolute Gasteiger partial charge is 0.247 e. The van der Waals surface area contributed by atoms with Gasteiger partial charge in [0.25, 0.3) is 0 Å². The molecule has 1 aromatic heterocycles. The second kappa shape index (κ2) is 4.87. The first-order valence-electron chi connectivity index (χ1n) is 5.45. The molecule has 0 bridgehead atoms. The van der Waals surface area contributed by atoms with Gasteiger partial charge >= 0.3 is 0 Å². The first kappa shape index (κ1) is 10.8. The van der Waals surface area contributed by atoms with Gasteiger partial charge in [0, 0.05) is 12.1 Å². The molecule has 16 heavy (non-hydrogen) atoms. The molecule has 6 nitrogen and oxygen atoms in total. The summed E-state index contributed by atoms with van der Waals surface area (Å²) in [6.45, 7) is 3.12.